The summed E-state index contributed by atoms with van der Waals surface area (Å²) in [5.74, 6) is 1.48. The van der Waals surface area contributed by atoms with Crippen molar-refractivity contribution >= 4 is 11.6 Å². The van der Waals surface area contributed by atoms with Gasteiger partial charge in [-0.2, -0.15) is 0 Å². The van der Waals surface area contributed by atoms with E-state index in [1.165, 1.54) is 0 Å². The molecular formula is C21H28N2O3. The van der Waals surface area contributed by atoms with Gasteiger partial charge < -0.3 is 14.8 Å². The Balaban J connectivity index is 2.02. The summed E-state index contributed by atoms with van der Waals surface area (Å²) in [6.45, 7) is 5.01. The van der Waals surface area contributed by atoms with Crippen molar-refractivity contribution in [2.45, 2.75) is 26.8 Å². The van der Waals surface area contributed by atoms with Crippen LogP contribution in [-0.4, -0.2) is 38.6 Å². The van der Waals surface area contributed by atoms with Crippen LogP contribution in [0.2, 0.25) is 0 Å². The summed E-state index contributed by atoms with van der Waals surface area (Å²) < 4.78 is 10.7. The van der Waals surface area contributed by atoms with Gasteiger partial charge in [-0.1, -0.05) is 31.2 Å². The van der Waals surface area contributed by atoms with Crippen molar-refractivity contribution in [3.8, 4) is 11.5 Å². The zero-order valence-electron chi connectivity index (χ0n) is 16.3. The Kier molecular flexibility index (Phi) is 7.04. The van der Waals surface area contributed by atoms with Gasteiger partial charge in [-0.05, 0) is 37.6 Å². The number of hydrogen-bond acceptors (Lipinski definition) is 4. The van der Waals surface area contributed by atoms with E-state index in [1.54, 1.807) is 14.2 Å². The third-order valence-electron chi connectivity index (χ3n) is 4.35. The van der Waals surface area contributed by atoms with Crippen LogP contribution < -0.4 is 14.8 Å². The van der Waals surface area contributed by atoms with Crippen LogP contribution in [0.5, 0.6) is 11.5 Å². The van der Waals surface area contributed by atoms with Crippen molar-refractivity contribution in [3.05, 3.63) is 53.1 Å². The highest BCUT2D eigenvalue weighted by Crippen LogP contribution is 2.25. The molecule has 0 fully saturated rings. The average Bonchev–Trinajstić information content (AvgIpc) is 2.63. The zero-order chi connectivity index (χ0) is 19.1. The lowest BCUT2D eigenvalue weighted by Gasteiger charge is -2.19. The number of rotatable bonds is 8. The smallest absolute Gasteiger partial charge is 0.238 e. The van der Waals surface area contributed by atoms with E-state index in [1.807, 2.05) is 49.2 Å². The number of para-hydroxylation sites is 1. The summed E-state index contributed by atoms with van der Waals surface area (Å²) in [5, 5.41) is 3.06. The topological polar surface area (TPSA) is 50.8 Å². The van der Waals surface area contributed by atoms with Crippen molar-refractivity contribution in [2.75, 3.05) is 33.1 Å². The Morgan fingerprint density at radius 2 is 1.88 bits per heavy atom. The number of methoxy groups -OCH3 is 2. The first-order valence-electron chi connectivity index (χ1n) is 8.76. The van der Waals surface area contributed by atoms with E-state index < -0.39 is 0 Å². The fourth-order valence-electron chi connectivity index (χ4n) is 2.96. The molecule has 2 aromatic carbocycles. The summed E-state index contributed by atoms with van der Waals surface area (Å²) in [6.07, 6.45) is 0.885. The molecule has 1 amide bonds. The highest BCUT2D eigenvalue weighted by molar-refractivity contribution is 5.93. The van der Waals surface area contributed by atoms with Gasteiger partial charge >= 0.3 is 0 Å². The van der Waals surface area contributed by atoms with E-state index in [0.29, 0.717) is 13.1 Å². The van der Waals surface area contributed by atoms with Crippen molar-refractivity contribution in [1.29, 1.82) is 0 Å². The number of carbonyl (C=O) groups excluding carboxylic acids is 1. The number of anilines is 1. The molecular weight excluding hydrogens is 328 g/mol. The van der Waals surface area contributed by atoms with Crippen molar-refractivity contribution < 1.29 is 14.3 Å². The highest BCUT2D eigenvalue weighted by atomic mass is 16.5. The molecule has 5 heteroatoms. The largest absolute Gasteiger partial charge is 0.497 e. The summed E-state index contributed by atoms with van der Waals surface area (Å²) >= 11 is 0. The summed E-state index contributed by atoms with van der Waals surface area (Å²) in [5.41, 5.74) is 4.17. The maximum Gasteiger partial charge on any atom is 0.238 e. The van der Waals surface area contributed by atoms with Gasteiger partial charge in [0.1, 0.15) is 11.5 Å². The van der Waals surface area contributed by atoms with E-state index in [0.717, 1.165) is 40.3 Å². The number of nitrogens with one attached hydrogen (secondary N) is 1. The number of benzene rings is 2. The van der Waals surface area contributed by atoms with Gasteiger partial charge in [0.2, 0.25) is 5.91 Å². The summed E-state index contributed by atoms with van der Waals surface area (Å²) in [6, 6.07) is 11.8. The molecule has 0 radical (unpaired) electrons. The quantitative estimate of drug-likeness (QED) is 0.784. The van der Waals surface area contributed by atoms with Crippen LogP contribution in [0.3, 0.4) is 0 Å². The van der Waals surface area contributed by atoms with E-state index in [-0.39, 0.29) is 5.91 Å². The molecule has 0 unspecified atom stereocenters. The molecule has 26 heavy (non-hydrogen) atoms. The molecule has 0 bridgehead atoms. The van der Waals surface area contributed by atoms with E-state index in [4.69, 9.17) is 9.47 Å². The summed E-state index contributed by atoms with van der Waals surface area (Å²) in [4.78, 5) is 14.4. The van der Waals surface area contributed by atoms with Crippen molar-refractivity contribution in [3.63, 3.8) is 0 Å². The Bertz CT molecular complexity index is 759. The fraction of sp³-hybridized carbons (Fsp3) is 0.381. The number of likely N-dealkylation sites (N-methyl/N-ethyl adjacent to an activating group) is 1. The molecule has 0 heterocycles. The molecule has 2 aromatic rings. The first kappa shape index (κ1) is 19.8. The lowest BCUT2D eigenvalue weighted by atomic mass is 10.1. The molecule has 0 aromatic heterocycles. The van der Waals surface area contributed by atoms with Gasteiger partial charge in [-0.25, -0.2) is 0 Å². The van der Waals surface area contributed by atoms with Crippen LogP contribution in [0.15, 0.2) is 36.4 Å². The molecule has 2 rings (SSSR count). The van der Waals surface area contributed by atoms with Crippen LogP contribution in [0.1, 0.15) is 23.6 Å². The molecule has 0 spiro atoms. The van der Waals surface area contributed by atoms with Crippen LogP contribution in [0.4, 0.5) is 5.69 Å². The maximum atomic E-state index is 12.5. The van der Waals surface area contributed by atoms with Gasteiger partial charge in [0.05, 0.1) is 20.8 Å². The minimum Gasteiger partial charge on any atom is -0.497 e. The van der Waals surface area contributed by atoms with Crippen molar-refractivity contribution in [1.82, 2.24) is 4.90 Å². The Morgan fingerprint density at radius 3 is 2.54 bits per heavy atom. The van der Waals surface area contributed by atoms with Crippen LogP contribution >= 0.6 is 0 Å². The minimum absolute atomic E-state index is 0.0241. The third-order valence-corrected chi connectivity index (χ3v) is 4.35. The molecule has 0 atom stereocenters. The Hall–Kier alpha value is -2.53. The molecule has 1 N–H and O–H groups in total. The van der Waals surface area contributed by atoms with Gasteiger partial charge in [-0.3, -0.25) is 9.69 Å². The molecule has 0 saturated carbocycles. The first-order chi connectivity index (χ1) is 12.5. The number of amides is 1. The SMILES string of the molecule is CCc1cccc(C)c1NC(=O)CN(C)Cc1ccc(OC)cc1OC. The monoisotopic (exact) mass is 356 g/mol. The number of nitrogens with zero attached hydrogens (tertiary/aromatic N) is 1. The number of aryl methyl sites for hydroxylation is 2. The predicted octanol–water partition coefficient (Wildman–Crippen LogP) is 3.65. The lowest BCUT2D eigenvalue weighted by Crippen LogP contribution is -2.30. The predicted molar refractivity (Wildman–Crippen MR) is 105 cm³/mol. The standard InChI is InChI=1S/C21H28N2O3/c1-6-16-9-7-8-15(2)21(16)22-20(24)14-23(3)13-17-10-11-18(25-4)12-19(17)26-5/h7-12H,6,13-14H2,1-5H3,(H,22,24). The maximum absolute atomic E-state index is 12.5. The van der Waals surface area contributed by atoms with Gasteiger partial charge in [0.15, 0.2) is 0 Å². The first-order valence-corrected chi connectivity index (χ1v) is 8.76. The van der Waals surface area contributed by atoms with E-state index in [2.05, 4.69) is 18.3 Å². The number of carbonyl (C=O) groups is 1. The molecule has 140 valence electrons. The zero-order valence-corrected chi connectivity index (χ0v) is 16.3. The van der Waals surface area contributed by atoms with E-state index >= 15 is 0 Å². The average molecular weight is 356 g/mol. The molecule has 0 aliphatic heterocycles. The van der Waals surface area contributed by atoms with Gasteiger partial charge in [0.25, 0.3) is 0 Å². The van der Waals surface area contributed by atoms with Gasteiger partial charge in [-0.15, -0.1) is 0 Å². The second-order valence-electron chi connectivity index (χ2n) is 6.36. The van der Waals surface area contributed by atoms with Crippen LogP contribution in [-0.2, 0) is 17.8 Å². The summed E-state index contributed by atoms with van der Waals surface area (Å²) in [7, 11) is 5.18. The molecule has 5 nitrogen and oxygen atoms in total. The van der Waals surface area contributed by atoms with Crippen LogP contribution in [0.25, 0.3) is 0 Å². The van der Waals surface area contributed by atoms with Crippen LogP contribution in [0, 0.1) is 6.92 Å². The normalized spacial score (nSPS) is 10.7. The highest BCUT2D eigenvalue weighted by Gasteiger charge is 2.13. The third kappa shape index (κ3) is 4.99. The molecule has 0 aliphatic carbocycles. The second kappa shape index (κ2) is 9.25. The fourth-order valence-corrected chi connectivity index (χ4v) is 2.96. The van der Waals surface area contributed by atoms with E-state index in [9.17, 15) is 4.79 Å². The van der Waals surface area contributed by atoms with Gasteiger partial charge in [0, 0.05) is 23.9 Å². The minimum atomic E-state index is -0.0241. The van der Waals surface area contributed by atoms with Crippen molar-refractivity contribution in [2.24, 2.45) is 0 Å². The molecule has 0 saturated heterocycles. The second-order valence-corrected chi connectivity index (χ2v) is 6.36. The lowest BCUT2D eigenvalue weighted by molar-refractivity contribution is -0.117. The Morgan fingerprint density at radius 1 is 1.12 bits per heavy atom. The molecule has 0 aliphatic rings. The number of ether oxygens (including phenoxy) is 2. The Labute approximate surface area is 155 Å². The number of hydrogen-bond donors (Lipinski definition) is 1.